The molecule has 0 amide bonds. The van der Waals surface area contributed by atoms with Crippen LogP contribution in [0.5, 0.6) is 5.75 Å². The molecule has 0 spiro atoms. The Hall–Kier alpha value is -2.48. The molecule has 0 saturated heterocycles. The van der Waals surface area contributed by atoms with E-state index in [-0.39, 0.29) is 11.7 Å². The normalized spacial score (nSPS) is 12.1. The molecular weight excluding hydrogens is 274 g/mol. The number of non-ortho nitro benzene ring substituents is 1. The fourth-order valence-corrected chi connectivity index (χ4v) is 1.99. The van der Waals surface area contributed by atoms with Gasteiger partial charge in [0.15, 0.2) is 0 Å². The molecule has 0 fully saturated rings. The largest absolute Gasteiger partial charge is 0.494 e. The highest BCUT2D eigenvalue weighted by molar-refractivity contribution is 5.53. The maximum Gasteiger partial charge on any atom is 0.271 e. The van der Waals surface area contributed by atoms with Crippen molar-refractivity contribution in [2.45, 2.75) is 25.8 Å². The standard InChI is InChI=1S/C13H17N5O3/c1-3-4-10(14)11-8-17(16-15-11)12-7-9(18(19)20)5-6-13(12)21-2/h5-8,10H,3-4,14H2,1-2H3. The van der Waals surface area contributed by atoms with Crippen LogP contribution >= 0.6 is 0 Å². The number of nitro benzene ring substituents is 1. The molecule has 8 heteroatoms. The average molecular weight is 291 g/mol. The molecule has 2 N–H and O–H groups in total. The molecule has 2 aromatic rings. The summed E-state index contributed by atoms with van der Waals surface area (Å²) in [5.41, 5.74) is 7.05. The summed E-state index contributed by atoms with van der Waals surface area (Å²) < 4.78 is 6.65. The molecule has 0 aliphatic rings. The van der Waals surface area contributed by atoms with Crippen molar-refractivity contribution in [2.75, 3.05) is 7.11 Å². The van der Waals surface area contributed by atoms with Crippen LogP contribution in [0, 0.1) is 10.1 Å². The third-order valence-corrected chi connectivity index (χ3v) is 3.11. The van der Waals surface area contributed by atoms with E-state index in [9.17, 15) is 10.1 Å². The van der Waals surface area contributed by atoms with Crippen LogP contribution < -0.4 is 10.5 Å². The Morgan fingerprint density at radius 1 is 1.52 bits per heavy atom. The van der Waals surface area contributed by atoms with Crippen LogP contribution in [0.25, 0.3) is 5.69 Å². The zero-order chi connectivity index (χ0) is 15.4. The number of aromatic nitrogens is 3. The maximum absolute atomic E-state index is 10.9. The van der Waals surface area contributed by atoms with Gasteiger partial charge in [-0.2, -0.15) is 0 Å². The van der Waals surface area contributed by atoms with Crippen LogP contribution in [0.15, 0.2) is 24.4 Å². The molecule has 0 radical (unpaired) electrons. The second-order valence-corrected chi connectivity index (χ2v) is 4.60. The minimum atomic E-state index is -0.469. The smallest absolute Gasteiger partial charge is 0.271 e. The first kappa shape index (κ1) is 14.9. The highest BCUT2D eigenvalue weighted by Gasteiger charge is 2.16. The number of nitrogens with two attached hydrogens (primary N) is 1. The molecule has 1 aromatic carbocycles. The lowest BCUT2D eigenvalue weighted by atomic mass is 10.1. The summed E-state index contributed by atoms with van der Waals surface area (Å²) >= 11 is 0. The van der Waals surface area contributed by atoms with Crippen LogP contribution in [0.2, 0.25) is 0 Å². The summed E-state index contributed by atoms with van der Waals surface area (Å²) in [6.45, 7) is 2.04. The van der Waals surface area contributed by atoms with Gasteiger partial charge in [0.05, 0.1) is 30.0 Å². The Balaban J connectivity index is 2.40. The van der Waals surface area contributed by atoms with Crippen LogP contribution in [0.1, 0.15) is 31.5 Å². The van der Waals surface area contributed by atoms with Crippen molar-refractivity contribution < 1.29 is 9.66 Å². The number of nitrogens with zero attached hydrogens (tertiary/aromatic N) is 4. The number of methoxy groups -OCH3 is 1. The SMILES string of the molecule is CCCC(N)c1cn(-c2cc([N+](=O)[O-])ccc2OC)nn1. The molecule has 1 heterocycles. The minimum Gasteiger partial charge on any atom is -0.494 e. The second kappa shape index (κ2) is 6.31. The molecule has 8 nitrogen and oxygen atoms in total. The Morgan fingerprint density at radius 2 is 2.29 bits per heavy atom. The van der Waals surface area contributed by atoms with Crippen molar-refractivity contribution in [1.29, 1.82) is 0 Å². The van der Waals surface area contributed by atoms with Crippen molar-refractivity contribution in [3.63, 3.8) is 0 Å². The van der Waals surface area contributed by atoms with E-state index in [1.807, 2.05) is 6.92 Å². The number of hydrogen-bond donors (Lipinski definition) is 1. The van der Waals surface area contributed by atoms with Crippen molar-refractivity contribution in [1.82, 2.24) is 15.0 Å². The molecular formula is C13H17N5O3. The van der Waals surface area contributed by atoms with Gasteiger partial charge in [-0.05, 0) is 12.5 Å². The number of benzene rings is 1. The topological polar surface area (TPSA) is 109 Å². The van der Waals surface area contributed by atoms with Gasteiger partial charge >= 0.3 is 0 Å². The van der Waals surface area contributed by atoms with E-state index in [2.05, 4.69) is 10.3 Å². The Morgan fingerprint density at radius 3 is 2.90 bits per heavy atom. The summed E-state index contributed by atoms with van der Waals surface area (Å²) in [5.74, 6) is 0.473. The third-order valence-electron chi connectivity index (χ3n) is 3.11. The maximum atomic E-state index is 10.9. The summed E-state index contributed by atoms with van der Waals surface area (Å²) in [7, 11) is 1.49. The highest BCUT2D eigenvalue weighted by Crippen LogP contribution is 2.27. The van der Waals surface area contributed by atoms with Crippen LogP contribution in [0.3, 0.4) is 0 Å². The van der Waals surface area contributed by atoms with Gasteiger partial charge in [-0.15, -0.1) is 5.10 Å². The van der Waals surface area contributed by atoms with E-state index in [0.717, 1.165) is 12.8 Å². The minimum absolute atomic E-state index is 0.0410. The Kier molecular flexibility index (Phi) is 4.49. The third kappa shape index (κ3) is 3.16. The number of rotatable bonds is 6. The number of nitro groups is 1. The van der Waals surface area contributed by atoms with Crippen LogP contribution in [-0.4, -0.2) is 27.0 Å². The van der Waals surface area contributed by atoms with Crippen molar-refractivity contribution >= 4 is 5.69 Å². The van der Waals surface area contributed by atoms with Crippen LogP contribution in [0.4, 0.5) is 5.69 Å². The molecule has 1 atom stereocenters. The van der Waals surface area contributed by atoms with E-state index in [4.69, 9.17) is 10.5 Å². The second-order valence-electron chi connectivity index (χ2n) is 4.60. The molecule has 21 heavy (non-hydrogen) atoms. The van der Waals surface area contributed by atoms with Gasteiger partial charge in [-0.3, -0.25) is 10.1 Å². The predicted octanol–water partition coefficient (Wildman–Crippen LogP) is 1.98. The Labute approximate surface area is 121 Å². The van der Waals surface area contributed by atoms with E-state index in [0.29, 0.717) is 17.1 Å². The van der Waals surface area contributed by atoms with E-state index >= 15 is 0 Å². The molecule has 0 saturated carbocycles. The van der Waals surface area contributed by atoms with Crippen molar-refractivity contribution in [3.8, 4) is 11.4 Å². The van der Waals surface area contributed by atoms with E-state index in [1.165, 1.54) is 30.0 Å². The van der Waals surface area contributed by atoms with Crippen molar-refractivity contribution in [3.05, 3.63) is 40.2 Å². The monoisotopic (exact) mass is 291 g/mol. The molecule has 0 bridgehead atoms. The lowest BCUT2D eigenvalue weighted by molar-refractivity contribution is -0.384. The van der Waals surface area contributed by atoms with Gasteiger partial charge in [-0.25, -0.2) is 4.68 Å². The fourth-order valence-electron chi connectivity index (χ4n) is 1.99. The summed E-state index contributed by atoms with van der Waals surface area (Å²) in [6, 6.07) is 4.10. The van der Waals surface area contributed by atoms with Gasteiger partial charge in [-0.1, -0.05) is 18.6 Å². The molecule has 0 aliphatic carbocycles. The van der Waals surface area contributed by atoms with Gasteiger partial charge in [0.2, 0.25) is 0 Å². The van der Waals surface area contributed by atoms with Gasteiger partial charge < -0.3 is 10.5 Å². The van der Waals surface area contributed by atoms with Crippen molar-refractivity contribution in [2.24, 2.45) is 5.73 Å². The molecule has 1 unspecified atom stereocenters. The molecule has 1 aromatic heterocycles. The first-order valence-electron chi connectivity index (χ1n) is 6.57. The number of ether oxygens (including phenoxy) is 1. The lowest BCUT2D eigenvalue weighted by Crippen LogP contribution is -2.10. The fraction of sp³-hybridized carbons (Fsp3) is 0.385. The highest BCUT2D eigenvalue weighted by atomic mass is 16.6. The summed E-state index contributed by atoms with van der Waals surface area (Å²) in [6.07, 6.45) is 3.40. The first-order valence-corrected chi connectivity index (χ1v) is 6.57. The number of hydrogen-bond acceptors (Lipinski definition) is 6. The summed E-state index contributed by atoms with van der Waals surface area (Å²) in [4.78, 5) is 10.4. The van der Waals surface area contributed by atoms with Gasteiger partial charge in [0.25, 0.3) is 5.69 Å². The zero-order valence-corrected chi connectivity index (χ0v) is 11.9. The average Bonchev–Trinajstić information content (AvgIpc) is 2.96. The summed E-state index contributed by atoms with van der Waals surface area (Å²) in [5, 5.41) is 18.9. The van der Waals surface area contributed by atoms with Gasteiger partial charge in [0.1, 0.15) is 11.4 Å². The Bertz CT molecular complexity index is 640. The molecule has 2 rings (SSSR count). The predicted molar refractivity (Wildman–Crippen MR) is 76.4 cm³/mol. The zero-order valence-electron chi connectivity index (χ0n) is 11.9. The van der Waals surface area contributed by atoms with Crippen LogP contribution in [-0.2, 0) is 0 Å². The van der Waals surface area contributed by atoms with E-state index in [1.54, 1.807) is 6.20 Å². The quantitative estimate of drug-likeness (QED) is 0.643. The first-order chi connectivity index (χ1) is 10.1. The van der Waals surface area contributed by atoms with Gasteiger partial charge in [0, 0.05) is 12.1 Å². The van der Waals surface area contributed by atoms with E-state index < -0.39 is 4.92 Å². The lowest BCUT2D eigenvalue weighted by Gasteiger charge is -2.07. The molecule has 112 valence electrons. The molecule has 0 aliphatic heterocycles.